The summed E-state index contributed by atoms with van der Waals surface area (Å²) in [7, 11) is 1.75. The van der Waals surface area contributed by atoms with Crippen LogP contribution in [0, 0.1) is 11.3 Å². The van der Waals surface area contributed by atoms with E-state index in [-0.39, 0.29) is 5.41 Å². The van der Waals surface area contributed by atoms with E-state index in [0.29, 0.717) is 5.92 Å². The quantitative estimate of drug-likeness (QED) is 0.260. The molecule has 0 aromatic rings. The lowest BCUT2D eigenvalue weighted by Crippen LogP contribution is -2.40. The Bertz CT molecular complexity index is 144. The maximum atomic E-state index is 5.30. The minimum Gasteiger partial charge on any atom is -0.312 e. The Hall–Kier alpha value is -0.570. The first-order valence-corrected chi connectivity index (χ1v) is 3.86. The van der Waals surface area contributed by atoms with Crippen molar-refractivity contribution in [1.82, 2.24) is 5.43 Å². The number of nitrogens with two attached hydrogens (primary N) is 1. The summed E-state index contributed by atoms with van der Waals surface area (Å²) in [4.78, 5) is 4.05. The van der Waals surface area contributed by atoms with Gasteiger partial charge in [0.05, 0.1) is 0 Å². The van der Waals surface area contributed by atoms with Gasteiger partial charge < -0.3 is 5.43 Å². The molecule has 0 fully saturated rings. The van der Waals surface area contributed by atoms with Crippen LogP contribution in [0.4, 0.5) is 0 Å². The number of nitrogens with zero attached hydrogens (tertiary/aromatic N) is 1. The SMILES string of the molecule is CN=C(NN)C(C)C(C)(C)C. The highest BCUT2D eigenvalue weighted by molar-refractivity contribution is 5.84. The molecule has 1 unspecified atom stereocenters. The van der Waals surface area contributed by atoms with Gasteiger partial charge in [0, 0.05) is 13.0 Å². The first kappa shape index (κ1) is 10.4. The molecule has 0 amide bonds. The van der Waals surface area contributed by atoms with Gasteiger partial charge in [0.1, 0.15) is 5.84 Å². The van der Waals surface area contributed by atoms with Crippen molar-refractivity contribution in [3.63, 3.8) is 0 Å². The summed E-state index contributed by atoms with van der Waals surface area (Å²) in [5.74, 6) is 6.52. The number of rotatable bonds is 1. The van der Waals surface area contributed by atoms with Gasteiger partial charge in [-0.25, -0.2) is 5.84 Å². The smallest absolute Gasteiger partial charge is 0.113 e. The summed E-state index contributed by atoms with van der Waals surface area (Å²) >= 11 is 0. The van der Waals surface area contributed by atoms with Crippen molar-refractivity contribution in [3.05, 3.63) is 0 Å². The number of hydrazine groups is 1. The second kappa shape index (κ2) is 3.72. The van der Waals surface area contributed by atoms with Crippen LogP contribution in [0.5, 0.6) is 0 Å². The van der Waals surface area contributed by atoms with E-state index < -0.39 is 0 Å². The Balaban J connectivity index is 4.34. The highest BCUT2D eigenvalue weighted by atomic mass is 15.2. The first-order valence-electron chi connectivity index (χ1n) is 3.86. The number of hydrogen-bond acceptors (Lipinski definition) is 2. The van der Waals surface area contributed by atoms with E-state index in [1.54, 1.807) is 7.05 Å². The molecule has 11 heavy (non-hydrogen) atoms. The molecule has 0 rings (SSSR count). The van der Waals surface area contributed by atoms with E-state index in [9.17, 15) is 0 Å². The molecule has 3 heteroatoms. The number of hydrogen-bond donors (Lipinski definition) is 2. The Labute approximate surface area is 69.0 Å². The molecule has 0 saturated carbocycles. The molecule has 0 aromatic heterocycles. The van der Waals surface area contributed by atoms with Gasteiger partial charge in [-0.2, -0.15) is 0 Å². The summed E-state index contributed by atoms with van der Waals surface area (Å²) in [5, 5.41) is 0. The molecule has 0 spiro atoms. The largest absolute Gasteiger partial charge is 0.312 e. The van der Waals surface area contributed by atoms with Gasteiger partial charge in [0.15, 0.2) is 0 Å². The third-order valence-corrected chi connectivity index (χ3v) is 2.10. The van der Waals surface area contributed by atoms with E-state index in [0.717, 1.165) is 5.84 Å². The third kappa shape index (κ3) is 2.89. The normalized spacial score (nSPS) is 16.4. The molecule has 0 heterocycles. The molecular weight excluding hydrogens is 138 g/mol. The molecule has 66 valence electrons. The average molecular weight is 157 g/mol. The highest BCUT2D eigenvalue weighted by Gasteiger charge is 2.23. The van der Waals surface area contributed by atoms with Crippen LogP contribution in [0.3, 0.4) is 0 Å². The van der Waals surface area contributed by atoms with Gasteiger partial charge in [0.2, 0.25) is 0 Å². The van der Waals surface area contributed by atoms with Gasteiger partial charge in [0.25, 0.3) is 0 Å². The van der Waals surface area contributed by atoms with Crippen LogP contribution in [0.25, 0.3) is 0 Å². The molecule has 0 saturated heterocycles. The molecule has 0 aliphatic rings. The van der Waals surface area contributed by atoms with Crippen LogP contribution >= 0.6 is 0 Å². The lowest BCUT2D eigenvalue weighted by molar-refractivity contribution is 0.328. The molecule has 3 nitrogen and oxygen atoms in total. The van der Waals surface area contributed by atoms with Crippen molar-refractivity contribution in [2.45, 2.75) is 27.7 Å². The maximum absolute atomic E-state index is 5.30. The highest BCUT2D eigenvalue weighted by Crippen LogP contribution is 2.25. The monoisotopic (exact) mass is 157 g/mol. The summed E-state index contributed by atoms with van der Waals surface area (Å²) < 4.78 is 0. The van der Waals surface area contributed by atoms with Gasteiger partial charge in [-0.05, 0) is 5.41 Å². The zero-order valence-electron chi connectivity index (χ0n) is 8.10. The van der Waals surface area contributed by atoms with Crippen molar-refractivity contribution in [2.75, 3.05) is 7.05 Å². The van der Waals surface area contributed by atoms with E-state index >= 15 is 0 Å². The number of nitrogens with one attached hydrogen (secondary N) is 1. The van der Waals surface area contributed by atoms with Gasteiger partial charge in [-0.3, -0.25) is 4.99 Å². The summed E-state index contributed by atoms with van der Waals surface area (Å²) in [5.41, 5.74) is 2.82. The lowest BCUT2D eigenvalue weighted by atomic mass is 9.81. The molecule has 0 aliphatic carbocycles. The standard InChI is InChI=1S/C8H19N3/c1-6(8(2,3)4)7(10-5)11-9/h6H,9H2,1-5H3,(H,10,11). The zero-order valence-corrected chi connectivity index (χ0v) is 8.10. The van der Waals surface area contributed by atoms with Crippen molar-refractivity contribution < 1.29 is 0 Å². The van der Waals surface area contributed by atoms with Crippen LogP contribution in [-0.4, -0.2) is 12.9 Å². The van der Waals surface area contributed by atoms with Gasteiger partial charge >= 0.3 is 0 Å². The predicted octanol–water partition coefficient (Wildman–Crippen LogP) is 1.16. The molecule has 0 bridgehead atoms. The molecule has 1 atom stereocenters. The molecule has 3 N–H and O–H groups in total. The van der Waals surface area contributed by atoms with Gasteiger partial charge in [-0.15, -0.1) is 0 Å². The Morgan fingerprint density at radius 1 is 1.45 bits per heavy atom. The Kier molecular flexibility index (Phi) is 3.52. The Morgan fingerprint density at radius 2 is 1.91 bits per heavy atom. The first-order chi connectivity index (χ1) is 4.93. The van der Waals surface area contributed by atoms with E-state index in [1.807, 2.05) is 0 Å². The summed E-state index contributed by atoms with van der Waals surface area (Å²) in [6.07, 6.45) is 0. The predicted molar refractivity (Wildman–Crippen MR) is 49.3 cm³/mol. The van der Waals surface area contributed by atoms with Crippen molar-refractivity contribution in [1.29, 1.82) is 0 Å². The van der Waals surface area contributed by atoms with Gasteiger partial charge in [-0.1, -0.05) is 27.7 Å². The third-order valence-electron chi connectivity index (χ3n) is 2.10. The fraction of sp³-hybridized carbons (Fsp3) is 0.875. The minimum absolute atomic E-state index is 0.210. The van der Waals surface area contributed by atoms with E-state index in [4.69, 9.17) is 5.84 Å². The molecule has 0 aromatic carbocycles. The van der Waals surface area contributed by atoms with Crippen LogP contribution < -0.4 is 11.3 Å². The molecular formula is C8H19N3. The zero-order chi connectivity index (χ0) is 9.07. The Morgan fingerprint density at radius 3 is 2.00 bits per heavy atom. The second-order valence-electron chi connectivity index (χ2n) is 3.84. The summed E-state index contributed by atoms with van der Waals surface area (Å²) in [6, 6.07) is 0. The molecule has 0 aliphatic heterocycles. The van der Waals surface area contributed by atoms with Crippen molar-refractivity contribution in [2.24, 2.45) is 22.2 Å². The van der Waals surface area contributed by atoms with Crippen molar-refractivity contribution in [3.8, 4) is 0 Å². The van der Waals surface area contributed by atoms with E-state index in [2.05, 4.69) is 38.1 Å². The number of aliphatic imine (C=N–C) groups is 1. The van der Waals surface area contributed by atoms with Crippen LogP contribution in [0.2, 0.25) is 0 Å². The topological polar surface area (TPSA) is 50.4 Å². The van der Waals surface area contributed by atoms with Crippen LogP contribution in [0.1, 0.15) is 27.7 Å². The van der Waals surface area contributed by atoms with Crippen LogP contribution in [-0.2, 0) is 0 Å². The van der Waals surface area contributed by atoms with Crippen LogP contribution in [0.15, 0.2) is 4.99 Å². The average Bonchev–Trinajstić information content (AvgIpc) is 1.88. The molecule has 0 radical (unpaired) electrons. The van der Waals surface area contributed by atoms with Crippen molar-refractivity contribution >= 4 is 5.84 Å². The minimum atomic E-state index is 0.210. The second-order valence-corrected chi connectivity index (χ2v) is 3.84. The fourth-order valence-corrected chi connectivity index (χ4v) is 0.793. The maximum Gasteiger partial charge on any atom is 0.113 e. The van der Waals surface area contributed by atoms with E-state index in [1.165, 1.54) is 0 Å². The number of amidine groups is 1. The lowest BCUT2D eigenvalue weighted by Gasteiger charge is -2.27. The fourth-order valence-electron chi connectivity index (χ4n) is 0.793. The summed E-state index contributed by atoms with van der Waals surface area (Å²) in [6.45, 7) is 8.61.